The molecule has 0 saturated carbocycles. The molecular formula is C15H20BrNO2S. The van der Waals surface area contributed by atoms with Crippen LogP contribution >= 0.6 is 27.7 Å². The second kappa shape index (κ2) is 7.93. The second-order valence-corrected chi connectivity index (χ2v) is 6.60. The van der Waals surface area contributed by atoms with Crippen molar-refractivity contribution in [1.29, 1.82) is 0 Å². The fraction of sp³-hybridized carbons (Fsp3) is 0.533. The Kier molecular flexibility index (Phi) is 6.23. The van der Waals surface area contributed by atoms with Gasteiger partial charge in [0.2, 0.25) is 5.91 Å². The van der Waals surface area contributed by atoms with Gasteiger partial charge in [-0.05, 0) is 43.7 Å². The van der Waals surface area contributed by atoms with Crippen LogP contribution in [0.1, 0.15) is 31.7 Å². The smallest absolute Gasteiger partial charge is 0.237 e. The van der Waals surface area contributed by atoms with Gasteiger partial charge in [0.1, 0.15) is 5.75 Å². The van der Waals surface area contributed by atoms with E-state index < -0.39 is 0 Å². The number of carbonyl (C=O) groups excluding carboxylic acids is 1. The van der Waals surface area contributed by atoms with Crippen LogP contribution in [0.25, 0.3) is 0 Å². The van der Waals surface area contributed by atoms with E-state index in [-0.39, 0.29) is 11.2 Å². The molecule has 0 aromatic heterocycles. The lowest BCUT2D eigenvalue weighted by Crippen LogP contribution is -2.27. The lowest BCUT2D eigenvalue weighted by Gasteiger charge is -2.20. The van der Waals surface area contributed by atoms with E-state index in [9.17, 15) is 4.79 Å². The fourth-order valence-electron chi connectivity index (χ4n) is 2.23. The molecular weight excluding hydrogens is 338 g/mol. The maximum atomic E-state index is 12.2. The summed E-state index contributed by atoms with van der Waals surface area (Å²) in [5, 5.41) is 3.83. The van der Waals surface area contributed by atoms with E-state index in [1.807, 2.05) is 25.1 Å². The van der Waals surface area contributed by atoms with Gasteiger partial charge in [0.05, 0.1) is 11.9 Å². The number of nitrogens with one attached hydrogen (secondary N) is 1. The van der Waals surface area contributed by atoms with Gasteiger partial charge in [0, 0.05) is 16.6 Å². The number of thioether (sulfide) groups is 1. The number of hydrogen-bond acceptors (Lipinski definition) is 3. The van der Waals surface area contributed by atoms with E-state index >= 15 is 0 Å². The fourth-order valence-corrected chi connectivity index (χ4v) is 3.87. The Labute approximate surface area is 133 Å². The molecule has 1 aliphatic heterocycles. The van der Waals surface area contributed by atoms with Crippen LogP contribution in [0.3, 0.4) is 0 Å². The molecule has 1 unspecified atom stereocenters. The normalized spacial score (nSPS) is 18.6. The van der Waals surface area contributed by atoms with Gasteiger partial charge in [0.25, 0.3) is 0 Å². The number of halogens is 1. The minimum atomic E-state index is 0.0998. The summed E-state index contributed by atoms with van der Waals surface area (Å²) >= 11 is 5.22. The standard InChI is InChI=1S/C15H20BrNO2S/c1-2-19-13-7-6-12(9-11(13)10-16)17-15(18)14-5-3-4-8-20-14/h6-7,9,14H,2-5,8,10H2,1H3,(H,17,18). The molecule has 110 valence electrons. The minimum absolute atomic E-state index is 0.0998. The van der Waals surface area contributed by atoms with Crippen molar-refractivity contribution in [3.63, 3.8) is 0 Å². The summed E-state index contributed by atoms with van der Waals surface area (Å²) < 4.78 is 5.56. The molecule has 0 spiro atoms. The van der Waals surface area contributed by atoms with Crippen LogP contribution in [0.5, 0.6) is 5.75 Å². The topological polar surface area (TPSA) is 38.3 Å². The number of hydrogen-bond donors (Lipinski definition) is 1. The Morgan fingerprint density at radius 2 is 2.35 bits per heavy atom. The third-order valence-corrected chi connectivity index (χ3v) is 5.22. The summed E-state index contributed by atoms with van der Waals surface area (Å²) in [5.41, 5.74) is 1.90. The van der Waals surface area contributed by atoms with Crippen molar-refractivity contribution in [2.75, 3.05) is 17.7 Å². The van der Waals surface area contributed by atoms with Crippen LogP contribution in [0, 0.1) is 0 Å². The van der Waals surface area contributed by atoms with Gasteiger partial charge in [-0.15, -0.1) is 11.8 Å². The molecule has 0 radical (unpaired) electrons. The number of benzene rings is 1. The third kappa shape index (κ3) is 4.16. The predicted octanol–water partition coefficient (Wildman–Crippen LogP) is 4.20. The molecule has 1 N–H and O–H groups in total. The first-order chi connectivity index (χ1) is 9.74. The molecule has 1 amide bonds. The Hall–Kier alpha value is -0.680. The van der Waals surface area contributed by atoms with Crippen molar-refractivity contribution in [3.05, 3.63) is 23.8 Å². The SMILES string of the molecule is CCOc1ccc(NC(=O)C2CCCCS2)cc1CBr. The molecule has 1 heterocycles. The summed E-state index contributed by atoms with van der Waals surface area (Å²) in [5.74, 6) is 2.09. The Balaban J connectivity index is 2.03. The van der Waals surface area contributed by atoms with Gasteiger partial charge < -0.3 is 10.1 Å². The monoisotopic (exact) mass is 357 g/mol. The van der Waals surface area contributed by atoms with Crippen molar-refractivity contribution in [2.45, 2.75) is 36.8 Å². The van der Waals surface area contributed by atoms with Crippen LogP contribution in [-0.2, 0) is 10.1 Å². The van der Waals surface area contributed by atoms with Crippen molar-refractivity contribution in [1.82, 2.24) is 0 Å². The molecule has 3 nitrogen and oxygen atoms in total. The Bertz CT molecular complexity index is 461. The van der Waals surface area contributed by atoms with Crippen LogP contribution < -0.4 is 10.1 Å². The first kappa shape index (κ1) is 15.7. The zero-order valence-electron chi connectivity index (χ0n) is 11.7. The van der Waals surface area contributed by atoms with Crippen molar-refractivity contribution in [2.24, 2.45) is 0 Å². The molecule has 1 atom stereocenters. The molecule has 1 aromatic rings. The van der Waals surface area contributed by atoms with E-state index in [2.05, 4.69) is 21.2 Å². The van der Waals surface area contributed by atoms with E-state index in [0.717, 1.165) is 35.6 Å². The maximum Gasteiger partial charge on any atom is 0.237 e. The maximum absolute atomic E-state index is 12.2. The summed E-state index contributed by atoms with van der Waals surface area (Å²) in [6, 6.07) is 5.80. The summed E-state index contributed by atoms with van der Waals surface area (Å²) in [7, 11) is 0. The minimum Gasteiger partial charge on any atom is -0.494 e. The molecule has 0 aliphatic carbocycles. The highest BCUT2D eigenvalue weighted by atomic mass is 79.9. The lowest BCUT2D eigenvalue weighted by molar-refractivity contribution is -0.115. The van der Waals surface area contributed by atoms with Gasteiger partial charge >= 0.3 is 0 Å². The first-order valence-corrected chi connectivity index (χ1v) is 9.15. The third-order valence-electron chi connectivity index (χ3n) is 3.24. The quantitative estimate of drug-likeness (QED) is 0.802. The van der Waals surface area contributed by atoms with E-state index in [4.69, 9.17) is 4.74 Å². The number of carbonyl (C=O) groups is 1. The molecule has 1 saturated heterocycles. The van der Waals surface area contributed by atoms with Crippen molar-refractivity contribution < 1.29 is 9.53 Å². The van der Waals surface area contributed by atoms with E-state index in [1.165, 1.54) is 6.42 Å². The Morgan fingerprint density at radius 1 is 1.50 bits per heavy atom. The van der Waals surface area contributed by atoms with Crippen LogP contribution in [-0.4, -0.2) is 23.5 Å². The molecule has 2 rings (SSSR count). The van der Waals surface area contributed by atoms with Crippen LogP contribution in [0.4, 0.5) is 5.69 Å². The highest BCUT2D eigenvalue weighted by Crippen LogP contribution is 2.28. The first-order valence-electron chi connectivity index (χ1n) is 6.98. The predicted molar refractivity (Wildman–Crippen MR) is 89.0 cm³/mol. The number of alkyl halides is 1. The van der Waals surface area contributed by atoms with Gasteiger partial charge in [-0.25, -0.2) is 0 Å². The number of rotatable bonds is 5. The van der Waals surface area contributed by atoms with E-state index in [1.54, 1.807) is 11.8 Å². The van der Waals surface area contributed by atoms with Crippen molar-refractivity contribution >= 4 is 39.3 Å². The van der Waals surface area contributed by atoms with Gasteiger partial charge in [-0.3, -0.25) is 4.79 Å². The number of amides is 1. The molecule has 1 aliphatic rings. The number of anilines is 1. The molecule has 0 bridgehead atoms. The summed E-state index contributed by atoms with van der Waals surface area (Å²) in [4.78, 5) is 12.2. The van der Waals surface area contributed by atoms with Gasteiger partial charge in [-0.2, -0.15) is 0 Å². The lowest BCUT2D eigenvalue weighted by atomic mass is 10.1. The van der Waals surface area contributed by atoms with Gasteiger partial charge in [0.15, 0.2) is 0 Å². The van der Waals surface area contributed by atoms with Crippen LogP contribution in [0.15, 0.2) is 18.2 Å². The average molecular weight is 358 g/mol. The zero-order chi connectivity index (χ0) is 14.4. The van der Waals surface area contributed by atoms with E-state index in [0.29, 0.717) is 11.9 Å². The summed E-state index contributed by atoms with van der Waals surface area (Å²) in [6.45, 7) is 2.61. The Morgan fingerprint density at radius 3 is 3.00 bits per heavy atom. The molecule has 1 aromatic carbocycles. The molecule has 5 heteroatoms. The van der Waals surface area contributed by atoms with Gasteiger partial charge in [-0.1, -0.05) is 22.4 Å². The molecule has 20 heavy (non-hydrogen) atoms. The second-order valence-electron chi connectivity index (χ2n) is 4.73. The largest absolute Gasteiger partial charge is 0.494 e. The summed E-state index contributed by atoms with van der Waals surface area (Å²) in [6.07, 6.45) is 3.37. The van der Waals surface area contributed by atoms with Crippen LogP contribution in [0.2, 0.25) is 0 Å². The molecule has 1 fully saturated rings. The highest BCUT2D eigenvalue weighted by Gasteiger charge is 2.21. The number of ether oxygens (including phenoxy) is 1. The average Bonchev–Trinajstić information content (AvgIpc) is 2.50. The zero-order valence-corrected chi connectivity index (χ0v) is 14.1. The highest BCUT2D eigenvalue weighted by molar-refractivity contribution is 9.08. The van der Waals surface area contributed by atoms with Crippen molar-refractivity contribution in [3.8, 4) is 5.75 Å².